The van der Waals surface area contributed by atoms with Crippen LogP contribution in [0, 0.1) is 5.82 Å². The van der Waals surface area contributed by atoms with Crippen LogP contribution in [0.15, 0.2) is 42.5 Å². The number of piperazine rings is 1. The van der Waals surface area contributed by atoms with Gasteiger partial charge < -0.3 is 19.1 Å². The smallest absolute Gasteiger partial charge is 0.338 e. The molecule has 1 aliphatic heterocycles. The first-order chi connectivity index (χ1) is 16.2. The van der Waals surface area contributed by atoms with Gasteiger partial charge in [-0.3, -0.25) is 9.69 Å². The average molecular weight is 473 g/mol. The maximum absolute atomic E-state index is 13.2. The molecule has 0 unspecified atom stereocenters. The van der Waals surface area contributed by atoms with Crippen molar-refractivity contribution >= 4 is 17.8 Å². The van der Waals surface area contributed by atoms with Crippen LogP contribution in [0.1, 0.15) is 40.1 Å². The van der Waals surface area contributed by atoms with E-state index in [0.717, 1.165) is 5.56 Å². The minimum absolute atomic E-state index is 0.0558. The molecule has 0 saturated carbocycles. The molecule has 1 fully saturated rings. The standard InChI is InChI=1S/C25H29FN2O6/c1-16-13-28(17(2)12-27(16)14-18-5-7-21(26)8-6-18)23(29)15-34-22-10-19(24(30)32-3)9-20(11-22)25(31)33-4/h5-11,16-17H,12-15H2,1-4H3/t16-,17+/m0/s1. The Balaban J connectivity index is 1.64. The van der Waals surface area contributed by atoms with Gasteiger partial charge in [-0.05, 0) is 49.7 Å². The maximum Gasteiger partial charge on any atom is 0.338 e. The number of amides is 1. The molecule has 0 bridgehead atoms. The van der Waals surface area contributed by atoms with Crippen LogP contribution >= 0.6 is 0 Å². The predicted octanol–water partition coefficient (Wildman–Crippen LogP) is 2.90. The van der Waals surface area contributed by atoms with Gasteiger partial charge in [-0.2, -0.15) is 0 Å². The highest BCUT2D eigenvalue weighted by atomic mass is 19.1. The molecule has 2 atom stereocenters. The largest absolute Gasteiger partial charge is 0.484 e. The quantitative estimate of drug-likeness (QED) is 0.573. The molecule has 3 rings (SSSR count). The number of hydrogen-bond acceptors (Lipinski definition) is 7. The van der Waals surface area contributed by atoms with Crippen LogP contribution in [0.5, 0.6) is 5.75 Å². The second kappa shape index (κ2) is 11.1. The Hall–Kier alpha value is -3.46. The second-order valence-electron chi connectivity index (χ2n) is 8.32. The maximum atomic E-state index is 13.2. The van der Waals surface area contributed by atoms with Gasteiger partial charge >= 0.3 is 11.9 Å². The third-order valence-electron chi connectivity index (χ3n) is 5.85. The average Bonchev–Trinajstić information content (AvgIpc) is 2.84. The molecular weight excluding hydrogens is 443 g/mol. The molecular formula is C25H29FN2O6. The third-order valence-corrected chi connectivity index (χ3v) is 5.85. The monoisotopic (exact) mass is 472 g/mol. The molecule has 182 valence electrons. The zero-order valence-corrected chi connectivity index (χ0v) is 19.7. The fourth-order valence-electron chi connectivity index (χ4n) is 3.97. The molecule has 0 aromatic heterocycles. The van der Waals surface area contributed by atoms with E-state index in [1.807, 2.05) is 13.8 Å². The van der Waals surface area contributed by atoms with Crippen LogP contribution in [0.2, 0.25) is 0 Å². The highest BCUT2D eigenvalue weighted by Crippen LogP contribution is 2.21. The van der Waals surface area contributed by atoms with Gasteiger partial charge in [0.1, 0.15) is 11.6 Å². The highest BCUT2D eigenvalue weighted by molar-refractivity contribution is 5.96. The first-order valence-corrected chi connectivity index (χ1v) is 10.9. The molecule has 0 radical (unpaired) electrons. The number of rotatable bonds is 7. The van der Waals surface area contributed by atoms with Crippen molar-refractivity contribution in [3.8, 4) is 5.75 Å². The van der Waals surface area contributed by atoms with Crippen molar-refractivity contribution in [2.24, 2.45) is 0 Å². The summed E-state index contributed by atoms with van der Waals surface area (Å²) in [6, 6.07) is 10.6. The van der Waals surface area contributed by atoms with Gasteiger partial charge in [-0.25, -0.2) is 14.0 Å². The summed E-state index contributed by atoms with van der Waals surface area (Å²) < 4.78 is 28.3. The number of esters is 2. The summed E-state index contributed by atoms with van der Waals surface area (Å²) in [5.74, 6) is -1.56. The Morgan fingerprint density at radius 3 is 2.06 bits per heavy atom. The lowest BCUT2D eigenvalue weighted by Crippen LogP contribution is -2.58. The van der Waals surface area contributed by atoms with Crippen molar-refractivity contribution in [2.75, 3.05) is 33.9 Å². The SMILES string of the molecule is COC(=O)c1cc(OCC(=O)N2C[C@H](C)N(Cc3ccc(F)cc3)C[C@H]2C)cc(C(=O)OC)c1. The normalized spacial score (nSPS) is 18.3. The van der Waals surface area contributed by atoms with Crippen LogP contribution in [-0.2, 0) is 20.8 Å². The summed E-state index contributed by atoms with van der Waals surface area (Å²) in [4.78, 5) is 40.8. The van der Waals surface area contributed by atoms with E-state index >= 15 is 0 Å². The topological polar surface area (TPSA) is 85.4 Å². The fraction of sp³-hybridized carbons (Fsp3) is 0.400. The minimum atomic E-state index is -0.637. The first-order valence-electron chi connectivity index (χ1n) is 10.9. The molecule has 1 saturated heterocycles. The van der Waals surface area contributed by atoms with Crippen LogP contribution in [0.4, 0.5) is 4.39 Å². The van der Waals surface area contributed by atoms with Gasteiger partial charge in [0.15, 0.2) is 6.61 Å². The van der Waals surface area contributed by atoms with E-state index in [1.54, 1.807) is 17.0 Å². The molecule has 34 heavy (non-hydrogen) atoms. The summed E-state index contributed by atoms with van der Waals surface area (Å²) in [5, 5.41) is 0. The lowest BCUT2D eigenvalue weighted by Gasteiger charge is -2.44. The number of methoxy groups -OCH3 is 2. The van der Waals surface area contributed by atoms with Gasteiger partial charge in [0, 0.05) is 31.7 Å². The van der Waals surface area contributed by atoms with Crippen LogP contribution in [0.3, 0.4) is 0 Å². The zero-order valence-electron chi connectivity index (χ0n) is 19.7. The van der Waals surface area contributed by atoms with Gasteiger partial charge in [0.2, 0.25) is 0 Å². The molecule has 2 aromatic carbocycles. The summed E-state index contributed by atoms with van der Waals surface area (Å²) in [6.45, 7) is 5.60. The molecule has 1 amide bonds. The number of benzene rings is 2. The summed E-state index contributed by atoms with van der Waals surface area (Å²) in [5.41, 5.74) is 1.24. The number of carbonyl (C=O) groups excluding carboxylic acids is 3. The van der Waals surface area contributed by atoms with Crippen LogP contribution < -0.4 is 4.74 Å². The third kappa shape index (κ3) is 6.11. The van der Waals surface area contributed by atoms with E-state index < -0.39 is 11.9 Å². The molecule has 0 spiro atoms. The number of ether oxygens (including phenoxy) is 3. The van der Waals surface area contributed by atoms with E-state index in [1.165, 1.54) is 44.6 Å². The van der Waals surface area contributed by atoms with Crippen molar-refractivity contribution in [3.63, 3.8) is 0 Å². The number of nitrogens with zero attached hydrogens (tertiary/aromatic N) is 2. The van der Waals surface area contributed by atoms with E-state index in [0.29, 0.717) is 19.6 Å². The van der Waals surface area contributed by atoms with Crippen molar-refractivity contribution in [2.45, 2.75) is 32.5 Å². The molecule has 2 aromatic rings. The second-order valence-corrected chi connectivity index (χ2v) is 8.32. The van der Waals surface area contributed by atoms with E-state index in [9.17, 15) is 18.8 Å². The Morgan fingerprint density at radius 2 is 1.50 bits per heavy atom. The van der Waals surface area contributed by atoms with Crippen molar-refractivity contribution in [1.82, 2.24) is 9.80 Å². The van der Waals surface area contributed by atoms with Gasteiger partial charge in [0.05, 0.1) is 25.3 Å². The van der Waals surface area contributed by atoms with E-state index in [4.69, 9.17) is 14.2 Å². The molecule has 0 aliphatic carbocycles. The number of carbonyl (C=O) groups is 3. The molecule has 8 nitrogen and oxygen atoms in total. The predicted molar refractivity (Wildman–Crippen MR) is 122 cm³/mol. The Bertz CT molecular complexity index is 1010. The molecule has 1 aliphatic rings. The summed E-state index contributed by atoms with van der Waals surface area (Å²) in [7, 11) is 2.46. The number of hydrogen-bond donors (Lipinski definition) is 0. The zero-order chi connectivity index (χ0) is 24.8. The van der Waals surface area contributed by atoms with Gasteiger partial charge in [-0.15, -0.1) is 0 Å². The van der Waals surface area contributed by atoms with Crippen molar-refractivity contribution in [1.29, 1.82) is 0 Å². The lowest BCUT2D eigenvalue weighted by atomic mass is 10.1. The number of halogens is 1. The minimum Gasteiger partial charge on any atom is -0.484 e. The molecule has 1 heterocycles. The fourth-order valence-corrected chi connectivity index (χ4v) is 3.97. The Labute approximate surface area is 198 Å². The van der Waals surface area contributed by atoms with Crippen molar-refractivity contribution in [3.05, 3.63) is 65.0 Å². The molecule has 0 N–H and O–H groups in total. The van der Waals surface area contributed by atoms with Crippen LogP contribution in [0.25, 0.3) is 0 Å². The van der Waals surface area contributed by atoms with Gasteiger partial charge in [0.25, 0.3) is 5.91 Å². The molecule has 9 heteroatoms. The lowest BCUT2D eigenvalue weighted by molar-refractivity contribution is -0.139. The van der Waals surface area contributed by atoms with E-state index in [-0.39, 0.29) is 47.3 Å². The first kappa shape index (κ1) is 25.2. The van der Waals surface area contributed by atoms with E-state index in [2.05, 4.69) is 4.90 Å². The summed E-state index contributed by atoms with van der Waals surface area (Å²) >= 11 is 0. The summed E-state index contributed by atoms with van der Waals surface area (Å²) in [6.07, 6.45) is 0. The Kier molecular flexibility index (Phi) is 8.22. The van der Waals surface area contributed by atoms with Crippen LogP contribution in [-0.4, -0.2) is 73.6 Å². The van der Waals surface area contributed by atoms with Crippen molar-refractivity contribution < 1.29 is 33.0 Å². The highest BCUT2D eigenvalue weighted by Gasteiger charge is 2.32. The van der Waals surface area contributed by atoms with Gasteiger partial charge in [-0.1, -0.05) is 12.1 Å². The Morgan fingerprint density at radius 1 is 0.912 bits per heavy atom.